The van der Waals surface area contributed by atoms with Crippen molar-refractivity contribution in [3.63, 3.8) is 0 Å². The molecular formula is C22H23F3N4. The van der Waals surface area contributed by atoms with Crippen molar-refractivity contribution in [2.75, 3.05) is 10.6 Å². The van der Waals surface area contributed by atoms with E-state index in [1.54, 1.807) is 12.1 Å². The first kappa shape index (κ1) is 20.6. The van der Waals surface area contributed by atoms with E-state index in [0.717, 1.165) is 17.3 Å². The van der Waals surface area contributed by atoms with E-state index in [1.165, 1.54) is 0 Å². The standard InChI is InChI=1S/C22H23F3N4/c1-14-7-5-6-8-18(14)28-19-17(22(23,24)25)13-26-20(29-19)27-16-11-9-15(10-12-16)21(2,3)4/h5-13H,1-4H3,(H2,26,27,28,29). The van der Waals surface area contributed by atoms with Crippen LogP contribution in [0, 0.1) is 6.92 Å². The van der Waals surface area contributed by atoms with Gasteiger partial charge < -0.3 is 10.6 Å². The van der Waals surface area contributed by atoms with Crippen LogP contribution in [0.3, 0.4) is 0 Å². The molecule has 0 aliphatic heterocycles. The smallest absolute Gasteiger partial charge is 0.339 e. The largest absolute Gasteiger partial charge is 0.421 e. The third-order valence-electron chi connectivity index (χ3n) is 4.50. The lowest BCUT2D eigenvalue weighted by atomic mass is 9.87. The highest BCUT2D eigenvalue weighted by atomic mass is 19.4. The van der Waals surface area contributed by atoms with Crippen LogP contribution in [-0.4, -0.2) is 9.97 Å². The van der Waals surface area contributed by atoms with Crippen LogP contribution in [0.5, 0.6) is 0 Å². The number of nitrogens with zero attached hydrogens (tertiary/aromatic N) is 2. The Morgan fingerprint density at radius 3 is 2.10 bits per heavy atom. The molecule has 2 aromatic carbocycles. The maximum atomic E-state index is 13.4. The van der Waals surface area contributed by atoms with E-state index < -0.39 is 11.7 Å². The lowest BCUT2D eigenvalue weighted by molar-refractivity contribution is -0.137. The number of aromatic nitrogens is 2. The van der Waals surface area contributed by atoms with Crippen molar-refractivity contribution in [2.45, 2.75) is 39.3 Å². The molecule has 152 valence electrons. The fraction of sp³-hybridized carbons (Fsp3) is 0.273. The van der Waals surface area contributed by atoms with Gasteiger partial charge in [0, 0.05) is 17.6 Å². The van der Waals surface area contributed by atoms with Crippen molar-refractivity contribution in [1.82, 2.24) is 9.97 Å². The molecule has 0 atom stereocenters. The number of nitrogens with one attached hydrogen (secondary N) is 2. The molecule has 3 aromatic rings. The molecule has 0 spiro atoms. The van der Waals surface area contributed by atoms with E-state index in [2.05, 4.69) is 41.4 Å². The third kappa shape index (κ3) is 5.04. The Morgan fingerprint density at radius 2 is 1.52 bits per heavy atom. The highest BCUT2D eigenvalue weighted by molar-refractivity contribution is 5.65. The van der Waals surface area contributed by atoms with Crippen molar-refractivity contribution < 1.29 is 13.2 Å². The van der Waals surface area contributed by atoms with E-state index in [1.807, 2.05) is 43.3 Å². The second-order valence-electron chi connectivity index (χ2n) is 7.85. The maximum Gasteiger partial charge on any atom is 0.421 e. The SMILES string of the molecule is Cc1ccccc1Nc1nc(Nc2ccc(C(C)(C)C)cc2)ncc1C(F)(F)F. The van der Waals surface area contributed by atoms with E-state index in [4.69, 9.17) is 0 Å². The van der Waals surface area contributed by atoms with Gasteiger partial charge in [0.25, 0.3) is 0 Å². The summed E-state index contributed by atoms with van der Waals surface area (Å²) in [5, 5.41) is 5.76. The van der Waals surface area contributed by atoms with Crippen LogP contribution in [0.4, 0.5) is 36.3 Å². The summed E-state index contributed by atoms with van der Waals surface area (Å²) in [7, 11) is 0. The Hall–Kier alpha value is -3.09. The number of hydrogen-bond donors (Lipinski definition) is 2. The lowest BCUT2D eigenvalue weighted by Crippen LogP contribution is -2.13. The van der Waals surface area contributed by atoms with Gasteiger partial charge in [-0.05, 0) is 41.7 Å². The minimum absolute atomic E-state index is 0.00796. The molecule has 0 amide bonds. The van der Waals surface area contributed by atoms with Gasteiger partial charge in [-0.3, -0.25) is 0 Å². The molecule has 0 unspecified atom stereocenters. The Balaban J connectivity index is 1.92. The van der Waals surface area contributed by atoms with Crippen molar-refractivity contribution in [3.05, 3.63) is 71.4 Å². The summed E-state index contributed by atoms with van der Waals surface area (Å²) in [6, 6.07) is 14.7. The average molecular weight is 400 g/mol. The number of rotatable bonds is 4. The topological polar surface area (TPSA) is 49.8 Å². The quantitative estimate of drug-likeness (QED) is 0.519. The highest BCUT2D eigenvalue weighted by Crippen LogP contribution is 2.36. The van der Waals surface area contributed by atoms with E-state index in [0.29, 0.717) is 11.4 Å². The summed E-state index contributed by atoms with van der Waals surface area (Å²) in [4.78, 5) is 7.94. The van der Waals surface area contributed by atoms with Crippen molar-refractivity contribution in [1.29, 1.82) is 0 Å². The molecule has 0 fully saturated rings. The van der Waals surface area contributed by atoms with Crippen molar-refractivity contribution >= 4 is 23.1 Å². The lowest BCUT2D eigenvalue weighted by Gasteiger charge is -2.19. The van der Waals surface area contributed by atoms with Gasteiger partial charge in [-0.2, -0.15) is 18.2 Å². The fourth-order valence-corrected chi connectivity index (χ4v) is 2.77. The number of benzene rings is 2. The van der Waals surface area contributed by atoms with E-state index in [-0.39, 0.29) is 17.2 Å². The number of aryl methyl sites for hydroxylation is 1. The van der Waals surface area contributed by atoms with Gasteiger partial charge in [0.15, 0.2) is 0 Å². The maximum absolute atomic E-state index is 13.4. The summed E-state index contributed by atoms with van der Waals surface area (Å²) in [5.74, 6) is -0.215. The minimum atomic E-state index is -4.57. The molecule has 0 bridgehead atoms. The summed E-state index contributed by atoms with van der Waals surface area (Å²) >= 11 is 0. The third-order valence-corrected chi connectivity index (χ3v) is 4.50. The molecule has 3 rings (SSSR count). The van der Waals surface area contributed by atoms with E-state index in [9.17, 15) is 13.2 Å². The van der Waals surface area contributed by atoms with Crippen LogP contribution in [0.1, 0.15) is 37.5 Å². The Bertz CT molecular complexity index is 990. The first-order valence-electron chi connectivity index (χ1n) is 9.18. The normalized spacial score (nSPS) is 12.0. The molecule has 7 heteroatoms. The molecule has 0 aliphatic rings. The highest BCUT2D eigenvalue weighted by Gasteiger charge is 2.35. The molecule has 0 aliphatic carbocycles. The molecular weight excluding hydrogens is 377 g/mol. The number of halogens is 3. The Labute approximate surface area is 168 Å². The van der Waals surface area contributed by atoms with Crippen LogP contribution in [0.25, 0.3) is 0 Å². The second-order valence-corrected chi connectivity index (χ2v) is 7.85. The van der Waals surface area contributed by atoms with Crippen LogP contribution in [-0.2, 0) is 11.6 Å². The second kappa shape index (κ2) is 7.73. The molecule has 0 saturated heterocycles. The van der Waals surface area contributed by atoms with Gasteiger partial charge in [0.1, 0.15) is 11.4 Å². The van der Waals surface area contributed by atoms with Gasteiger partial charge >= 0.3 is 6.18 Å². The summed E-state index contributed by atoms with van der Waals surface area (Å²) in [6.45, 7) is 8.14. The molecule has 1 aromatic heterocycles. The number of alkyl halides is 3. The minimum Gasteiger partial charge on any atom is -0.339 e. The van der Waals surface area contributed by atoms with Crippen molar-refractivity contribution in [3.8, 4) is 0 Å². The van der Waals surface area contributed by atoms with Crippen LogP contribution in [0.2, 0.25) is 0 Å². The summed E-state index contributed by atoms with van der Waals surface area (Å²) in [5.41, 5.74) is 2.30. The summed E-state index contributed by atoms with van der Waals surface area (Å²) in [6.07, 6.45) is -3.78. The van der Waals surface area contributed by atoms with Crippen LogP contribution < -0.4 is 10.6 Å². The van der Waals surface area contributed by atoms with E-state index >= 15 is 0 Å². The zero-order chi connectivity index (χ0) is 21.2. The van der Waals surface area contributed by atoms with Gasteiger partial charge in [-0.25, -0.2) is 4.98 Å². The van der Waals surface area contributed by atoms with Crippen molar-refractivity contribution in [2.24, 2.45) is 0 Å². The monoisotopic (exact) mass is 400 g/mol. The fourth-order valence-electron chi connectivity index (χ4n) is 2.77. The van der Waals surface area contributed by atoms with Gasteiger partial charge in [0.2, 0.25) is 5.95 Å². The van der Waals surface area contributed by atoms with Gasteiger partial charge in [0.05, 0.1) is 0 Å². The zero-order valence-corrected chi connectivity index (χ0v) is 16.7. The van der Waals surface area contributed by atoms with Crippen LogP contribution >= 0.6 is 0 Å². The number of para-hydroxylation sites is 1. The zero-order valence-electron chi connectivity index (χ0n) is 16.7. The molecule has 1 heterocycles. The Kier molecular flexibility index (Phi) is 5.50. The number of anilines is 4. The average Bonchev–Trinajstić information content (AvgIpc) is 2.62. The van der Waals surface area contributed by atoms with Gasteiger partial charge in [-0.1, -0.05) is 51.1 Å². The molecule has 4 nitrogen and oxygen atoms in total. The predicted molar refractivity (Wildman–Crippen MR) is 110 cm³/mol. The first-order valence-corrected chi connectivity index (χ1v) is 9.18. The molecule has 0 saturated carbocycles. The number of hydrogen-bond acceptors (Lipinski definition) is 4. The molecule has 0 radical (unpaired) electrons. The van der Waals surface area contributed by atoms with Gasteiger partial charge in [-0.15, -0.1) is 0 Å². The molecule has 29 heavy (non-hydrogen) atoms. The first-order chi connectivity index (χ1) is 13.5. The Morgan fingerprint density at radius 1 is 0.862 bits per heavy atom. The summed E-state index contributed by atoms with van der Waals surface area (Å²) < 4.78 is 40.3. The molecule has 2 N–H and O–H groups in total. The van der Waals surface area contributed by atoms with Crippen LogP contribution in [0.15, 0.2) is 54.7 Å². The predicted octanol–water partition coefficient (Wildman–Crippen LogP) is 6.59.